The van der Waals surface area contributed by atoms with E-state index in [1.807, 2.05) is 0 Å². The average Bonchev–Trinajstić information content (AvgIpc) is 2.57. The van der Waals surface area contributed by atoms with Crippen LogP contribution >= 0.6 is 0 Å². The first-order chi connectivity index (χ1) is 6.86. The zero-order chi connectivity index (χ0) is 9.54. The standard InChI is InChI=1S/C14H11.2ClH.Hf/c1-10-5-4-7-12-9-11-6-2-3-8-13(11)14(10)12;;;/h2-9H,1H3;2*1H;/q-1;;;/p-2. The second-order valence-corrected chi connectivity index (χ2v) is 3.77. The van der Waals surface area contributed by atoms with Crippen LogP contribution in [0.3, 0.4) is 0 Å². The number of fused-ring (bicyclic) bond motifs is 3. The predicted octanol–water partition coefficient (Wildman–Crippen LogP) is -1.97. The molecule has 0 bridgehead atoms. The summed E-state index contributed by atoms with van der Waals surface area (Å²) in [6.07, 6.45) is 0. The van der Waals surface area contributed by atoms with E-state index in [4.69, 9.17) is 0 Å². The van der Waals surface area contributed by atoms with E-state index in [1.165, 1.54) is 27.1 Å². The van der Waals surface area contributed by atoms with Crippen molar-refractivity contribution in [1.29, 1.82) is 0 Å². The molecule has 3 rings (SSSR count). The molecule has 0 aliphatic carbocycles. The smallest absolute Gasteiger partial charge is 0 e. The van der Waals surface area contributed by atoms with Crippen LogP contribution in [0.2, 0.25) is 0 Å². The van der Waals surface area contributed by atoms with Crippen LogP contribution in [0.5, 0.6) is 0 Å². The van der Waals surface area contributed by atoms with Crippen molar-refractivity contribution in [2.75, 3.05) is 0 Å². The molecular formula is C14H11Cl2Hf-3. The van der Waals surface area contributed by atoms with Crippen LogP contribution in [-0.2, 0) is 25.8 Å². The zero-order valence-electron chi connectivity index (χ0n) is 9.37. The zero-order valence-corrected chi connectivity index (χ0v) is 14.5. The van der Waals surface area contributed by atoms with Crippen molar-refractivity contribution in [3.63, 3.8) is 0 Å². The third-order valence-electron chi connectivity index (χ3n) is 2.85. The molecule has 17 heavy (non-hydrogen) atoms. The summed E-state index contributed by atoms with van der Waals surface area (Å²) in [5.74, 6) is 0. The van der Waals surface area contributed by atoms with Gasteiger partial charge in [0.1, 0.15) is 0 Å². The van der Waals surface area contributed by atoms with Gasteiger partial charge >= 0.3 is 0 Å². The molecule has 0 aliphatic rings. The Labute approximate surface area is 132 Å². The van der Waals surface area contributed by atoms with Crippen LogP contribution in [0, 0.1) is 6.92 Å². The SMILES string of the molecule is Cc1cccc2[cH-]c3ccccc3c12.[Cl-].[Cl-].[Hf]. The van der Waals surface area contributed by atoms with E-state index in [0.717, 1.165) is 0 Å². The molecule has 0 amide bonds. The van der Waals surface area contributed by atoms with Crippen LogP contribution < -0.4 is 24.8 Å². The minimum absolute atomic E-state index is 0. The maximum absolute atomic E-state index is 2.26. The molecule has 3 aromatic rings. The van der Waals surface area contributed by atoms with Crippen LogP contribution in [0.1, 0.15) is 5.56 Å². The van der Waals surface area contributed by atoms with Crippen LogP contribution in [-0.4, -0.2) is 0 Å². The minimum Gasteiger partial charge on any atom is -1.00 e. The molecule has 0 spiro atoms. The van der Waals surface area contributed by atoms with E-state index < -0.39 is 0 Å². The van der Waals surface area contributed by atoms with Gasteiger partial charge in [-0.1, -0.05) is 35.9 Å². The van der Waals surface area contributed by atoms with Gasteiger partial charge in [-0.3, -0.25) is 0 Å². The second kappa shape index (κ2) is 6.63. The maximum Gasteiger partial charge on any atom is 0 e. The Bertz CT molecular complexity index is 614. The summed E-state index contributed by atoms with van der Waals surface area (Å²) in [4.78, 5) is 0. The summed E-state index contributed by atoms with van der Waals surface area (Å²) in [6.45, 7) is 2.18. The normalized spacial score (nSPS) is 9.24. The van der Waals surface area contributed by atoms with E-state index in [-0.39, 0.29) is 50.7 Å². The molecule has 3 aromatic carbocycles. The van der Waals surface area contributed by atoms with E-state index in [0.29, 0.717) is 0 Å². The van der Waals surface area contributed by atoms with E-state index >= 15 is 0 Å². The van der Waals surface area contributed by atoms with Crippen molar-refractivity contribution in [3.05, 3.63) is 54.1 Å². The fourth-order valence-corrected chi connectivity index (χ4v) is 2.20. The Kier molecular flexibility index (Phi) is 6.53. The third-order valence-corrected chi connectivity index (χ3v) is 2.85. The third kappa shape index (κ3) is 2.78. The van der Waals surface area contributed by atoms with E-state index in [2.05, 4.69) is 55.5 Å². The largest absolute Gasteiger partial charge is 1.00 e. The van der Waals surface area contributed by atoms with Crippen LogP contribution in [0.15, 0.2) is 48.5 Å². The van der Waals surface area contributed by atoms with Gasteiger partial charge in [0.15, 0.2) is 0 Å². The molecule has 88 valence electrons. The van der Waals surface area contributed by atoms with Gasteiger partial charge in [-0.05, 0) is 6.92 Å². The van der Waals surface area contributed by atoms with Crippen molar-refractivity contribution in [3.8, 4) is 0 Å². The fraction of sp³-hybridized carbons (Fsp3) is 0.0714. The first-order valence-corrected chi connectivity index (χ1v) is 4.90. The van der Waals surface area contributed by atoms with Gasteiger partial charge < -0.3 is 24.8 Å². The summed E-state index contributed by atoms with van der Waals surface area (Å²) < 4.78 is 0. The molecule has 0 aliphatic heterocycles. The Balaban J connectivity index is 0.000000853. The summed E-state index contributed by atoms with van der Waals surface area (Å²) in [5, 5.41) is 5.48. The summed E-state index contributed by atoms with van der Waals surface area (Å²) in [5.41, 5.74) is 1.36. The molecule has 0 fully saturated rings. The van der Waals surface area contributed by atoms with Gasteiger partial charge in [-0.25, -0.2) is 0 Å². The number of rotatable bonds is 0. The average molecular weight is 429 g/mol. The molecule has 0 radical (unpaired) electrons. The number of hydrogen-bond acceptors (Lipinski definition) is 0. The minimum atomic E-state index is 0. The molecule has 0 saturated heterocycles. The Morgan fingerprint density at radius 2 is 1.47 bits per heavy atom. The first-order valence-electron chi connectivity index (χ1n) is 4.90. The number of aryl methyl sites for hydroxylation is 1. The monoisotopic (exact) mass is 429 g/mol. The first kappa shape index (κ1) is 16.8. The van der Waals surface area contributed by atoms with Crippen LogP contribution in [0.25, 0.3) is 21.5 Å². The summed E-state index contributed by atoms with van der Waals surface area (Å²) in [7, 11) is 0. The maximum atomic E-state index is 2.26. The van der Waals surface area contributed by atoms with Gasteiger partial charge in [-0.15, -0.1) is 39.7 Å². The van der Waals surface area contributed by atoms with Gasteiger partial charge in [0.2, 0.25) is 0 Å². The van der Waals surface area contributed by atoms with Crippen molar-refractivity contribution >= 4 is 21.5 Å². The molecule has 3 heteroatoms. The number of hydrogen-bond donors (Lipinski definition) is 0. The quantitative estimate of drug-likeness (QED) is 0.288. The van der Waals surface area contributed by atoms with Crippen molar-refractivity contribution in [2.45, 2.75) is 6.92 Å². The second-order valence-electron chi connectivity index (χ2n) is 3.77. The van der Waals surface area contributed by atoms with Crippen molar-refractivity contribution in [1.82, 2.24) is 0 Å². The van der Waals surface area contributed by atoms with Crippen molar-refractivity contribution in [2.24, 2.45) is 0 Å². The fourth-order valence-electron chi connectivity index (χ4n) is 2.20. The predicted molar refractivity (Wildman–Crippen MR) is 61.8 cm³/mol. The summed E-state index contributed by atoms with van der Waals surface area (Å²) in [6, 6.07) is 17.3. The van der Waals surface area contributed by atoms with Gasteiger partial charge in [0, 0.05) is 25.8 Å². The molecule has 0 saturated carbocycles. The molecule has 0 N–H and O–H groups in total. The Morgan fingerprint density at radius 1 is 0.824 bits per heavy atom. The van der Waals surface area contributed by atoms with Gasteiger partial charge in [0.05, 0.1) is 0 Å². The molecular weight excluding hydrogens is 418 g/mol. The van der Waals surface area contributed by atoms with Gasteiger partial charge in [-0.2, -0.15) is 0 Å². The Hall–Kier alpha value is -0.240. The summed E-state index contributed by atoms with van der Waals surface area (Å²) >= 11 is 0. The van der Waals surface area contributed by atoms with Gasteiger partial charge in [0.25, 0.3) is 0 Å². The van der Waals surface area contributed by atoms with E-state index in [1.54, 1.807) is 0 Å². The van der Waals surface area contributed by atoms with E-state index in [9.17, 15) is 0 Å². The number of halogens is 2. The topological polar surface area (TPSA) is 0 Å². The molecule has 0 heterocycles. The molecule has 0 atom stereocenters. The molecule has 0 aromatic heterocycles. The van der Waals surface area contributed by atoms with Crippen LogP contribution in [0.4, 0.5) is 0 Å². The number of benzene rings is 2. The molecule has 0 nitrogen and oxygen atoms in total. The Morgan fingerprint density at radius 3 is 2.24 bits per heavy atom. The molecule has 0 unspecified atom stereocenters. The van der Waals surface area contributed by atoms with Crippen molar-refractivity contribution < 1.29 is 50.7 Å².